The van der Waals surface area contributed by atoms with Crippen LogP contribution in [0.3, 0.4) is 0 Å². The number of hydrogen-bond donors (Lipinski definition) is 0. The third kappa shape index (κ3) is 4.80. The predicted molar refractivity (Wildman–Crippen MR) is 120 cm³/mol. The summed E-state index contributed by atoms with van der Waals surface area (Å²) < 4.78 is 6.71. The molecule has 0 radical (unpaired) electrons. The molecule has 8 heteroatoms. The number of methoxy groups -OCH3 is 1. The van der Waals surface area contributed by atoms with Gasteiger partial charge in [0.05, 0.1) is 12.9 Å². The Labute approximate surface area is 183 Å². The third-order valence-corrected chi connectivity index (χ3v) is 5.75. The zero-order chi connectivity index (χ0) is 21.6. The zero-order valence-corrected chi connectivity index (χ0v) is 17.7. The van der Waals surface area contributed by atoms with Crippen LogP contribution >= 0.6 is 11.8 Å². The van der Waals surface area contributed by atoms with Gasteiger partial charge in [-0.25, -0.2) is 15.0 Å². The molecule has 0 saturated carbocycles. The average molecular weight is 433 g/mol. The van der Waals surface area contributed by atoms with E-state index >= 15 is 0 Å². The van der Waals surface area contributed by atoms with Crippen molar-refractivity contribution in [1.29, 1.82) is 0 Å². The van der Waals surface area contributed by atoms with Crippen LogP contribution < -0.4 is 10.3 Å². The molecule has 4 aromatic rings. The quantitative estimate of drug-likeness (QED) is 0.240. The topological polar surface area (TPSA) is 87.0 Å². The molecule has 31 heavy (non-hydrogen) atoms. The van der Waals surface area contributed by atoms with Crippen molar-refractivity contribution in [2.75, 3.05) is 12.9 Å². The largest absolute Gasteiger partial charge is 0.497 e. The number of nitrogens with zero attached hydrogens (tertiary/aromatic N) is 4. The Balaban J connectivity index is 1.60. The van der Waals surface area contributed by atoms with E-state index in [0.29, 0.717) is 29.4 Å². The minimum atomic E-state index is -0.256. The van der Waals surface area contributed by atoms with Crippen molar-refractivity contribution in [3.63, 3.8) is 0 Å². The smallest absolute Gasteiger partial charge is 0.282 e. The van der Waals surface area contributed by atoms with Crippen molar-refractivity contribution in [2.45, 2.75) is 18.1 Å². The van der Waals surface area contributed by atoms with E-state index in [9.17, 15) is 9.59 Å². The SMILES string of the molecule is COc1ccc(C(=O)CSc2nc3nccnc3c(=O)n2CCc2ccccc2)cc1. The molecule has 0 spiro atoms. The number of benzene rings is 2. The van der Waals surface area contributed by atoms with Gasteiger partial charge in [-0.3, -0.25) is 14.2 Å². The summed E-state index contributed by atoms with van der Waals surface area (Å²) in [6.45, 7) is 0.432. The number of hydrogen-bond acceptors (Lipinski definition) is 7. The highest BCUT2D eigenvalue weighted by molar-refractivity contribution is 7.99. The Morgan fingerprint density at radius 2 is 1.77 bits per heavy atom. The lowest BCUT2D eigenvalue weighted by molar-refractivity contribution is 0.102. The highest BCUT2D eigenvalue weighted by atomic mass is 32.2. The van der Waals surface area contributed by atoms with Crippen molar-refractivity contribution in [3.05, 3.63) is 88.5 Å². The summed E-state index contributed by atoms with van der Waals surface area (Å²) in [7, 11) is 1.58. The van der Waals surface area contributed by atoms with Gasteiger partial charge in [-0.2, -0.15) is 0 Å². The molecule has 2 aromatic heterocycles. The summed E-state index contributed by atoms with van der Waals surface area (Å²) in [4.78, 5) is 38.6. The fourth-order valence-electron chi connectivity index (χ4n) is 3.11. The van der Waals surface area contributed by atoms with E-state index in [-0.39, 0.29) is 28.3 Å². The Morgan fingerprint density at radius 3 is 2.52 bits per heavy atom. The molecular weight excluding hydrogens is 412 g/mol. The standard InChI is InChI=1S/C23H20N4O3S/c1-30-18-9-7-17(8-10-18)19(28)15-31-23-26-21-20(24-12-13-25-21)22(29)27(23)14-11-16-5-3-2-4-6-16/h2-10,12-13H,11,14-15H2,1H3. The number of thioether (sulfide) groups is 1. The van der Waals surface area contributed by atoms with Gasteiger partial charge in [-0.15, -0.1) is 0 Å². The summed E-state index contributed by atoms with van der Waals surface area (Å²) in [6.07, 6.45) is 3.64. The van der Waals surface area contributed by atoms with Crippen molar-refractivity contribution >= 4 is 28.7 Å². The zero-order valence-electron chi connectivity index (χ0n) is 16.9. The summed E-state index contributed by atoms with van der Waals surface area (Å²) >= 11 is 1.23. The van der Waals surface area contributed by atoms with Crippen LogP contribution in [0, 0.1) is 0 Å². The lowest BCUT2D eigenvalue weighted by atomic mass is 10.1. The summed E-state index contributed by atoms with van der Waals surface area (Å²) in [5, 5.41) is 0.454. The monoisotopic (exact) mass is 432 g/mol. The fraction of sp³-hybridized carbons (Fsp3) is 0.174. The number of fused-ring (bicyclic) bond motifs is 1. The summed E-state index contributed by atoms with van der Waals surface area (Å²) in [6, 6.07) is 16.9. The molecule has 0 atom stereocenters. The highest BCUT2D eigenvalue weighted by Gasteiger charge is 2.15. The van der Waals surface area contributed by atoms with Gasteiger partial charge in [0.1, 0.15) is 5.75 Å². The van der Waals surface area contributed by atoms with Crippen LogP contribution in [0.1, 0.15) is 15.9 Å². The van der Waals surface area contributed by atoms with Gasteiger partial charge < -0.3 is 4.74 Å². The Kier molecular flexibility index (Phi) is 6.37. The minimum Gasteiger partial charge on any atom is -0.497 e. The van der Waals surface area contributed by atoms with Crippen molar-refractivity contribution in [2.24, 2.45) is 0 Å². The molecule has 0 amide bonds. The Hall–Kier alpha value is -3.52. The molecule has 0 aliphatic rings. The van der Waals surface area contributed by atoms with E-state index in [2.05, 4.69) is 15.0 Å². The van der Waals surface area contributed by atoms with Crippen LogP contribution in [-0.4, -0.2) is 38.2 Å². The van der Waals surface area contributed by atoms with Crippen molar-refractivity contribution in [1.82, 2.24) is 19.5 Å². The molecule has 0 aliphatic carbocycles. The van der Waals surface area contributed by atoms with E-state index in [4.69, 9.17) is 4.74 Å². The van der Waals surface area contributed by atoms with E-state index in [1.807, 2.05) is 30.3 Å². The minimum absolute atomic E-state index is 0.0595. The lowest BCUT2D eigenvalue weighted by Crippen LogP contribution is -2.25. The van der Waals surface area contributed by atoms with E-state index in [1.165, 1.54) is 24.2 Å². The van der Waals surface area contributed by atoms with Gasteiger partial charge in [-0.05, 0) is 36.2 Å². The third-order valence-electron chi connectivity index (χ3n) is 4.77. The Morgan fingerprint density at radius 1 is 1.03 bits per heavy atom. The molecule has 156 valence electrons. The number of ketones is 1. The number of Topliss-reactive ketones (excluding diaryl/α,β-unsaturated/α-hetero) is 1. The second-order valence-corrected chi connectivity index (χ2v) is 7.70. The molecule has 0 fully saturated rings. The molecule has 0 unspecified atom stereocenters. The maximum absolute atomic E-state index is 13.1. The lowest BCUT2D eigenvalue weighted by Gasteiger charge is -2.12. The second kappa shape index (κ2) is 9.53. The van der Waals surface area contributed by atoms with Crippen molar-refractivity contribution in [3.8, 4) is 5.75 Å². The van der Waals surface area contributed by atoms with Crippen LogP contribution in [0.4, 0.5) is 0 Å². The van der Waals surface area contributed by atoms with Gasteiger partial charge in [0, 0.05) is 24.5 Å². The molecular formula is C23H20N4O3S. The molecule has 4 rings (SSSR count). The Bertz CT molecular complexity index is 1260. The molecule has 0 bridgehead atoms. The number of carbonyl (C=O) groups is 1. The second-order valence-electron chi connectivity index (χ2n) is 6.76. The number of aromatic nitrogens is 4. The number of aryl methyl sites for hydroxylation is 1. The van der Waals surface area contributed by atoms with E-state index in [0.717, 1.165) is 5.56 Å². The highest BCUT2D eigenvalue weighted by Crippen LogP contribution is 2.20. The molecule has 0 aliphatic heterocycles. The number of ether oxygens (including phenoxy) is 1. The maximum Gasteiger partial charge on any atom is 0.282 e. The van der Waals surface area contributed by atoms with Gasteiger partial charge in [0.15, 0.2) is 22.1 Å². The average Bonchev–Trinajstić information content (AvgIpc) is 2.83. The first kappa shape index (κ1) is 20.7. The van der Waals surface area contributed by atoms with Gasteiger partial charge >= 0.3 is 0 Å². The summed E-state index contributed by atoms with van der Waals surface area (Å²) in [5.74, 6) is 0.778. The van der Waals surface area contributed by atoms with Crippen LogP contribution in [-0.2, 0) is 13.0 Å². The van der Waals surface area contributed by atoms with Crippen LogP contribution in [0.2, 0.25) is 0 Å². The van der Waals surface area contributed by atoms with E-state index < -0.39 is 0 Å². The fourth-order valence-corrected chi connectivity index (χ4v) is 4.02. The predicted octanol–water partition coefficient (Wildman–Crippen LogP) is 3.41. The van der Waals surface area contributed by atoms with Crippen LogP contribution in [0.15, 0.2) is 76.9 Å². The van der Waals surface area contributed by atoms with Gasteiger partial charge in [0.2, 0.25) is 0 Å². The van der Waals surface area contributed by atoms with Crippen molar-refractivity contribution < 1.29 is 9.53 Å². The first-order valence-electron chi connectivity index (χ1n) is 9.71. The molecule has 2 heterocycles. The maximum atomic E-state index is 13.1. The van der Waals surface area contributed by atoms with Gasteiger partial charge in [0.25, 0.3) is 5.56 Å². The number of rotatable bonds is 8. The molecule has 7 nitrogen and oxygen atoms in total. The molecule has 0 saturated heterocycles. The van der Waals surface area contributed by atoms with Crippen LogP contribution in [0.5, 0.6) is 5.75 Å². The first-order valence-corrected chi connectivity index (χ1v) is 10.7. The summed E-state index contributed by atoms with van der Waals surface area (Å²) in [5.41, 5.74) is 1.93. The normalized spacial score (nSPS) is 10.9. The van der Waals surface area contributed by atoms with Gasteiger partial charge in [-0.1, -0.05) is 42.1 Å². The van der Waals surface area contributed by atoms with E-state index in [1.54, 1.807) is 35.9 Å². The molecule has 0 N–H and O–H groups in total. The molecule has 2 aromatic carbocycles. The van der Waals surface area contributed by atoms with Crippen LogP contribution in [0.25, 0.3) is 11.2 Å². The number of carbonyl (C=O) groups excluding carboxylic acids is 1. The first-order chi connectivity index (χ1) is 15.2.